The van der Waals surface area contributed by atoms with Gasteiger partial charge in [0, 0.05) is 17.7 Å². The second kappa shape index (κ2) is 11.0. The van der Waals surface area contributed by atoms with Crippen LogP contribution in [-0.4, -0.2) is 31.3 Å². The zero-order valence-electron chi connectivity index (χ0n) is 22.3. The van der Waals surface area contributed by atoms with Gasteiger partial charge in [0.2, 0.25) is 0 Å². The van der Waals surface area contributed by atoms with Gasteiger partial charge in [0.1, 0.15) is 23.4 Å². The normalized spacial score (nSPS) is 11.7. The molecule has 0 saturated heterocycles. The smallest absolute Gasteiger partial charge is 0.326 e. The standard InChI is InChI=1S/C32H32FNO4/c1-18-10-7-15-26(33)28(18)21(4)34-27(32(35)36)17-22-11-8-13-24-23(22)12-9-14-25(24)29-30(37-5)19(2)16-20(3)31(29)38-6/h7-16,27,34H,4,17H2,1-3,5-6H3,(H,35,36)/t27-/m0/s1. The Kier molecular flexibility index (Phi) is 7.72. The summed E-state index contributed by atoms with van der Waals surface area (Å²) in [4.78, 5) is 12.3. The van der Waals surface area contributed by atoms with Crippen molar-refractivity contribution in [1.29, 1.82) is 0 Å². The molecule has 6 heteroatoms. The van der Waals surface area contributed by atoms with Gasteiger partial charge in [-0.15, -0.1) is 0 Å². The monoisotopic (exact) mass is 513 g/mol. The molecular formula is C32H32FNO4. The number of carbonyl (C=O) groups is 1. The number of aliphatic carboxylic acids is 1. The van der Waals surface area contributed by atoms with Crippen molar-refractivity contribution < 1.29 is 23.8 Å². The number of carboxylic acids is 1. The molecule has 0 aliphatic heterocycles. The maximum absolute atomic E-state index is 14.5. The summed E-state index contributed by atoms with van der Waals surface area (Å²) >= 11 is 0. The van der Waals surface area contributed by atoms with E-state index in [0.717, 1.165) is 50.1 Å². The molecule has 0 bridgehead atoms. The summed E-state index contributed by atoms with van der Waals surface area (Å²) in [7, 11) is 3.29. The van der Waals surface area contributed by atoms with E-state index in [0.29, 0.717) is 5.56 Å². The second-order valence-electron chi connectivity index (χ2n) is 9.42. The van der Waals surface area contributed by atoms with E-state index < -0.39 is 17.8 Å². The van der Waals surface area contributed by atoms with E-state index in [1.807, 2.05) is 56.3 Å². The third-order valence-corrected chi connectivity index (χ3v) is 6.89. The Morgan fingerprint density at radius 3 is 2.13 bits per heavy atom. The molecule has 0 aliphatic carbocycles. The lowest BCUT2D eigenvalue weighted by Gasteiger charge is -2.21. The van der Waals surface area contributed by atoms with Crippen molar-refractivity contribution in [2.45, 2.75) is 33.2 Å². The second-order valence-corrected chi connectivity index (χ2v) is 9.42. The maximum Gasteiger partial charge on any atom is 0.326 e. The quantitative estimate of drug-likeness (QED) is 0.256. The lowest BCUT2D eigenvalue weighted by Crippen LogP contribution is -2.37. The molecular weight excluding hydrogens is 481 g/mol. The first-order valence-electron chi connectivity index (χ1n) is 12.3. The van der Waals surface area contributed by atoms with Crippen LogP contribution in [0.4, 0.5) is 4.39 Å². The molecule has 2 N–H and O–H groups in total. The Morgan fingerprint density at radius 2 is 1.53 bits per heavy atom. The number of nitrogens with one attached hydrogen (secondary N) is 1. The minimum absolute atomic E-state index is 0.170. The number of aryl methyl sites for hydroxylation is 3. The highest BCUT2D eigenvalue weighted by atomic mass is 19.1. The van der Waals surface area contributed by atoms with Crippen LogP contribution in [0, 0.1) is 26.6 Å². The Bertz CT molecular complexity index is 1490. The van der Waals surface area contributed by atoms with Gasteiger partial charge < -0.3 is 19.9 Å². The molecule has 4 rings (SSSR count). The van der Waals surface area contributed by atoms with Crippen molar-refractivity contribution in [3.05, 3.63) is 101 Å². The number of methoxy groups -OCH3 is 2. The highest BCUT2D eigenvalue weighted by Crippen LogP contribution is 2.45. The molecule has 38 heavy (non-hydrogen) atoms. The fourth-order valence-corrected chi connectivity index (χ4v) is 5.21. The van der Waals surface area contributed by atoms with Gasteiger partial charge in [-0.1, -0.05) is 55.1 Å². The van der Waals surface area contributed by atoms with Crippen LogP contribution in [0.25, 0.3) is 27.6 Å². The summed E-state index contributed by atoms with van der Waals surface area (Å²) in [5, 5.41) is 14.8. The lowest BCUT2D eigenvalue weighted by molar-refractivity contribution is -0.139. The Morgan fingerprint density at radius 1 is 0.921 bits per heavy atom. The van der Waals surface area contributed by atoms with E-state index in [1.165, 1.54) is 6.07 Å². The summed E-state index contributed by atoms with van der Waals surface area (Å²) in [6, 6.07) is 17.5. The number of rotatable bonds is 9. The molecule has 0 aliphatic rings. The molecule has 0 aromatic heterocycles. The largest absolute Gasteiger partial charge is 0.496 e. The van der Waals surface area contributed by atoms with E-state index in [-0.39, 0.29) is 17.7 Å². The molecule has 0 amide bonds. The molecule has 0 saturated carbocycles. The summed E-state index contributed by atoms with van der Waals surface area (Å²) in [6.07, 6.45) is 0.170. The highest BCUT2D eigenvalue weighted by molar-refractivity contribution is 6.01. The number of fused-ring (bicyclic) bond motifs is 1. The fourth-order valence-electron chi connectivity index (χ4n) is 5.21. The maximum atomic E-state index is 14.5. The van der Waals surface area contributed by atoms with Crippen molar-refractivity contribution in [3.8, 4) is 22.6 Å². The highest BCUT2D eigenvalue weighted by Gasteiger charge is 2.23. The topological polar surface area (TPSA) is 67.8 Å². The summed E-state index contributed by atoms with van der Waals surface area (Å²) in [6.45, 7) is 9.70. The predicted octanol–water partition coefficient (Wildman–Crippen LogP) is 6.84. The van der Waals surface area contributed by atoms with Crippen molar-refractivity contribution in [2.24, 2.45) is 0 Å². The van der Waals surface area contributed by atoms with Crippen molar-refractivity contribution in [3.63, 3.8) is 0 Å². The average Bonchev–Trinajstić information content (AvgIpc) is 2.87. The molecule has 0 fully saturated rings. The molecule has 196 valence electrons. The third-order valence-electron chi connectivity index (χ3n) is 6.89. The van der Waals surface area contributed by atoms with Gasteiger partial charge in [-0.2, -0.15) is 0 Å². The van der Waals surface area contributed by atoms with E-state index >= 15 is 0 Å². The van der Waals surface area contributed by atoms with Gasteiger partial charge in [0.25, 0.3) is 0 Å². The van der Waals surface area contributed by atoms with E-state index in [1.54, 1.807) is 33.3 Å². The minimum atomic E-state index is -1.05. The first kappa shape index (κ1) is 26.7. The van der Waals surface area contributed by atoms with Gasteiger partial charge >= 0.3 is 5.97 Å². The number of ether oxygens (including phenoxy) is 2. The Hall–Kier alpha value is -4.32. The zero-order chi connectivity index (χ0) is 27.6. The van der Waals surface area contributed by atoms with Crippen LogP contribution in [0.3, 0.4) is 0 Å². The molecule has 0 spiro atoms. The van der Waals surface area contributed by atoms with Crippen molar-refractivity contribution in [1.82, 2.24) is 5.32 Å². The first-order chi connectivity index (χ1) is 18.2. The number of benzene rings is 4. The van der Waals surface area contributed by atoms with Gasteiger partial charge in [-0.3, -0.25) is 0 Å². The molecule has 0 heterocycles. The molecule has 0 radical (unpaired) electrons. The Labute approximate surface area is 222 Å². The van der Waals surface area contributed by atoms with E-state index in [9.17, 15) is 14.3 Å². The van der Waals surface area contributed by atoms with E-state index in [2.05, 4.69) is 11.9 Å². The Balaban J connectivity index is 1.79. The molecule has 4 aromatic rings. The van der Waals surface area contributed by atoms with Gasteiger partial charge in [-0.25, -0.2) is 9.18 Å². The van der Waals surface area contributed by atoms with Crippen LogP contribution < -0.4 is 14.8 Å². The van der Waals surface area contributed by atoms with Gasteiger partial charge in [-0.05, 0) is 71.5 Å². The molecule has 0 unspecified atom stereocenters. The van der Waals surface area contributed by atoms with E-state index in [4.69, 9.17) is 9.47 Å². The van der Waals surface area contributed by atoms with Crippen LogP contribution in [0.15, 0.2) is 67.2 Å². The SMILES string of the molecule is C=C(N[C@@H](Cc1cccc2c(-c3c(OC)c(C)cc(C)c3OC)cccc12)C(=O)O)c1c(C)cccc1F. The minimum Gasteiger partial charge on any atom is -0.496 e. The fraction of sp³-hybridized carbons (Fsp3) is 0.219. The zero-order valence-corrected chi connectivity index (χ0v) is 22.3. The summed E-state index contributed by atoms with van der Waals surface area (Å²) < 4.78 is 26.1. The van der Waals surface area contributed by atoms with Crippen molar-refractivity contribution in [2.75, 3.05) is 14.2 Å². The summed E-state index contributed by atoms with van der Waals surface area (Å²) in [5.74, 6) is -0.0392. The van der Waals surface area contributed by atoms with Crippen LogP contribution in [-0.2, 0) is 11.2 Å². The van der Waals surface area contributed by atoms with Crippen LogP contribution >= 0.6 is 0 Å². The summed E-state index contributed by atoms with van der Waals surface area (Å²) in [5.41, 5.74) is 5.80. The average molecular weight is 514 g/mol. The molecule has 5 nitrogen and oxygen atoms in total. The van der Waals surface area contributed by atoms with Crippen molar-refractivity contribution >= 4 is 22.4 Å². The number of hydrogen-bond donors (Lipinski definition) is 2. The first-order valence-corrected chi connectivity index (χ1v) is 12.3. The molecule has 4 aromatic carbocycles. The lowest BCUT2D eigenvalue weighted by atomic mass is 9.90. The number of carboxylic acid groups (broad SMARTS) is 1. The van der Waals surface area contributed by atoms with Gasteiger partial charge in [0.15, 0.2) is 0 Å². The number of hydrogen-bond acceptors (Lipinski definition) is 4. The third kappa shape index (κ3) is 4.94. The predicted molar refractivity (Wildman–Crippen MR) is 150 cm³/mol. The van der Waals surface area contributed by atoms with Crippen LogP contribution in [0.2, 0.25) is 0 Å². The molecule has 1 atom stereocenters. The van der Waals surface area contributed by atoms with Gasteiger partial charge in [0.05, 0.1) is 19.8 Å². The van der Waals surface area contributed by atoms with Crippen LogP contribution in [0.1, 0.15) is 27.8 Å². The number of halogens is 1. The van der Waals surface area contributed by atoms with Crippen LogP contribution in [0.5, 0.6) is 11.5 Å².